The van der Waals surface area contributed by atoms with Gasteiger partial charge in [0.05, 0.1) is 16.8 Å². The number of rotatable bonds is 2. The molecule has 2 aromatic rings. The van der Waals surface area contributed by atoms with Crippen LogP contribution in [0.3, 0.4) is 0 Å². The fourth-order valence-corrected chi connectivity index (χ4v) is 1.99. The van der Waals surface area contributed by atoms with Crippen LogP contribution in [0.25, 0.3) is 10.9 Å². The number of nitrogens with zero attached hydrogens (tertiary/aromatic N) is 1. The largest absolute Gasteiger partial charge is 0.350 e. The quantitative estimate of drug-likeness (QED) is 0.902. The number of amides is 1. The molecular weight excluding hydrogens is 248 g/mol. The maximum Gasteiger partial charge on any atom is 0.253 e. The summed E-state index contributed by atoms with van der Waals surface area (Å²) in [6, 6.07) is 7.40. The van der Waals surface area contributed by atoms with Gasteiger partial charge in [-0.15, -0.1) is 0 Å². The summed E-state index contributed by atoms with van der Waals surface area (Å²) < 4.78 is 0. The second-order valence-electron chi connectivity index (χ2n) is 4.59. The standard InChI is InChI=1S/C14H15ClN2O/c1-8(2)16-14(18)12-7-10-6-11(15)4-5-13(10)17-9(12)3/h4-8H,1-3H3,(H,16,18). The molecule has 0 atom stereocenters. The van der Waals surface area contributed by atoms with Gasteiger partial charge in [-0.1, -0.05) is 11.6 Å². The Hall–Kier alpha value is -1.61. The molecule has 0 radical (unpaired) electrons. The maximum absolute atomic E-state index is 12.0. The Kier molecular flexibility index (Phi) is 3.53. The molecule has 1 amide bonds. The molecule has 94 valence electrons. The number of carbonyl (C=O) groups is 1. The van der Waals surface area contributed by atoms with E-state index in [0.717, 1.165) is 16.6 Å². The Labute approximate surface area is 111 Å². The lowest BCUT2D eigenvalue weighted by molar-refractivity contribution is 0.0942. The van der Waals surface area contributed by atoms with Crippen molar-refractivity contribution in [2.45, 2.75) is 26.8 Å². The van der Waals surface area contributed by atoms with E-state index in [0.29, 0.717) is 10.6 Å². The highest BCUT2D eigenvalue weighted by Crippen LogP contribution is 2.20. The van der Waals surface area contributed by atoms with E-state index in [1.807, 2.05) is 39.0 Å². The summed E-state index contributed by atoms with van der Waals surface area (Å²) in [7, 11) is 0. The van der Waals surface area contributed by atoms with Crippen LogP contribution in [-0.4, -0.2) is 16.9 Å². The van der Waals surface area contributed by atoms with Gasteiger partial charge < -0.3 is 5.32 Å². The summed E-state index contributed by atoms with van der Waals surface area (Å²) in [6.07, 6.45) is 0. The molecule has 0 bridgehead atoms. The fraction of sp³-hybridized carbons (Fsp3) is 0.286. The van der Waals surface area contributed by atoms with E-state index in [9.17, 15) is 4.79 Å². The predicted molar refractivity (Wildman–Crippen MR) is 74.1 cm³/mol. The van der Waals surface area contributed by atoms with Crippen LogP contribution in [0.1, 0.15) is 29.9 Å². The Balaban J connectivity index is 2.51. The minimum absolute atomic E-state index is 0.100. The van der Waals surface area contributed by atoms with Crippen LogP contribution in [0.2, 0.25) is 5.02 Å². The van der Waals surface area contributed by atoms with Crippen LogP contribution in [0.15, 0.2) is 24.3 Å². The van der Waals surface area contributed by atoms with Crippen molar-refractivity contribution in [3.63, 3.8) is 0 Å². The van der Waals surface area contributed by atoms with Crippen LogP contribution < -0.4 is 5.32 Å². The average molecular weight is 263 g/mol. The SMILES string of the molecule is Cc1nc2ccc(Cl)cc2cc1C(=O)NC(C)C. The lowest BCUT2D eigenvalue weighted by atomic mass is 10.1. The molecule has 0 saturated heterocycles. The van der Waals surface area contributed by atoms with Gasteiger partial charge in [-0.25, -0.2) is 0 Å². The van der Waals surface area contributed by atoms with E-state index in [1.165, 1.54) is 0 Å². The molecular formula is C14H15ClN2O. The molecule has 0 spiro atoms. The number of carbonyl (C=O) groups excluding carboxylic acids is 1. The first kappa shape index (κ1) is 12.8. The van der Waals surface area contributed by atoms with E-state index in [1.54, 1.807) is 6.07 Å². The topological polar surface area (TPSA) is 42.0 Å². The molecule has 0 unspecified atom stereocenters. The summed E-state index contributed by atoms with van der Waals surface area (Å²) in [4.78, 5) is 16.4. The third-order valence-electron chi connectivity index (χ3n) is 2.63. The number of hydrogen-bond acceptors (Lipinski definition) is 2. The molecule has 4 heteroatoms. The molecule has 1 aromatic heterocycles. The molecule has 1 N–H and O–H groups in total. The van der Waals surface area contributed by atoms with Crippen molar-refractivity contribution in [3.8, 4) is 0 Å². The third-order valence-corrected chi connectivity index (χ3v) is 2.87. The smallest absolute Gasteiger partial charge is 0.253 e. The first-order valence-corrected chi connectivity index (χ1v) is 6.23. The normalized spacial score (nSPS) is 10.9. The number of aromatic nitrogens is 1. The van der Waals surface area contributed by atoms with Gasteiger partial charge in [0, 0.05) is 16.5 Å². The van der Waals surface area contributed by atoms with Gasteiger partial charge in [0.1, 0.15) is 0 Å². The van der Waals surface area contributed by atoms with E-state index in [-0.39, 0.29) is 11.9 Å². The molecule has 1 aromatic carbocycles. The Morgan fingerprint density at radius 2 is 2.06 bits per heavy atom. The number of pyridine rings is 1. The summed E-state index contributed by atoms with van der Waals surface area (Å²) in [6.45, 7) is 5.69. The summed E-state index contributed by atoms with van der Waals surface area (Å²) >= 11 is 5.95. The predicted octanol–water partition coefficient (Wildman–Crippen LogP) is 3.33. The zero-order valence-corrected chi connectivity index (χ0v) is 11.4. The molecule has 2 rings (SSSR count). The van der Waals surface area contributed by atoms with E-state index >= 15 is 0 Å². The summed E-state index contributed by atoms with van der Waals surface area (Å²) in [5.74, 6) is -0.100. The van der Waals surface area contributed by atoms with Crippen LogP contribution in [0, 0.1) is 6.92 Å². The first-order valence-electron chi connectivity index (χ1n) is 5.85. The van der Waals surface area contributed by atoms with Crippen LogP contribution in [0.4, 0.5) is 0 Å². The van der Waals surface area contributed by atoms with Gasteiger partial charge >= 0.3 is 0 Å². The number of benzene rings is 1. The van der Waals surface area contributed by atoms with E-state index in [2.05, 4.69) is 10.3 Å². The highest BCUT2D eigenvalue weighted by atomic mass is 35.5. The van der Waals surface area contributed by atoms with Crippen molar-refractivity contribution in [2.24, 2.45) is 0 Å². The fourth-order valence-electron chi connectivity index (χ4n) is 1.81. The third kappa shape index (κ3) is 2.62. The van der Waals surface area contributed by atoms with Gasteiger partial charge in [-0.2, -0.15) is 0 Å². The van der Waals surface area contributed by atoms with Crippen molar-refractivity contribution in [2.75, 3.05) is 0 Å². The van der Waals surface area contributed by atoms with Crippen molar-refractivity contribution in [1.82, 2.24) is 10.3 Å². The zero-order valence-electron chi connectivity index (χ0n) is 10.6. The second-order valence-corrected chi connectivity index (χ2v) is 5.02. The molecule has 3 nitrogen and oxygen atoms in total. The van der Waals surface area contributed by atoms with Crippen LogP contribution in [-0.2, 0) is 0 Å². The highest BCUT2D eigenvalue weighted by Gasteiger charge is 2.12. The van der Waals surface area contributed by atoms with Crippen molar-refractivity contribution < 1.29 is 4.79 Å². The summed E-state index contributed by atoms with van der Waals surface area (Å²) in [5, 5.41) is 4.39. The minimum Gasteiger partial charge on any atom is -0.350 e. The Morgan fingerprint density at radius 3 is 2.72 bits per heavy atom. The molecule has 0 saturated carbocycles. The van der Waals surface area contributed by atoms with Crippen molar-refractivity contribution in [1.29, 1.82) is 0 Å². The van der Waals surface area contributed by atoms with E-state index in [4.69, 9.17) is 11.6 Å². The average Bonchev–Trinajstić information content (AvgIpc) is 2.27. The van der Waals surface area contributed by atoms with Crippen molar-refractivity contribution in [3.05, 3.63) is 40.5 Å². The molecule has 0 aliphatic rings. The molecule has 0 aliphatic carbocycles. The lowest BCUT2D eigenvalue weighted by Crippen LogP contribution is -2.30. The molecule has 0 aliphatic heterocycles. The van der Waals surface area contributed by atoms with Gasteiger partial charge in [0.2, 0.25) is 0 Å². The number of hydrogen-bond donors (Lipinski definition) is 1. The maximum atomic E-state index is 12.0. The lowest BCUT2D eigenvalue weighted by Gasteiger charge is -2.11. The van der Waals surface area contributed by atoms with Gasteiger partial charge in [0.25, 0.3) is 5.91 Å². The van der Waals surface area contributed by atoms with Crippen molar-refractivity contribution >= 4 is 28.4 Å². The zero-order chi connectivity index (χ0) is 13.3. The van der Waals surface area contributed by atoms with Gasteiger partial charge in [-0.05, 0) is 45.0 Å². The Bertz CT molecular complexity index is 608. The summed E-state index contributed by atoms with van der Waals surface area (Å²) in [5.41, 5.74) is 2.17. The van der Waals surface area contributed by atoms with Crippen LogP contribution in [0.5, 0.6) is 0 Å². The van der Waals surface area contributed by atoms with Gasteiger partial charge in [0.15, 0.2) is 0 Å². The Morgan fingerprint density at radius 1 is 1.33 bits per heavy atom. The van der Waals surface area contributed by atoms with Crippen LogP contribution >= 0.6 is 11.6 Å². The number of halogens is 1. The second kappa shape index (κ2) is 4.94. The molecule has 18 heavy (non-hydrogen) atoms. The molecule has 1 heterocycles. The number of nitrogens with one attached hydrogen (secondary N) is 1. The first-order chi connectivity index (χ1) is 8.47. The van der Waals surface area contributed by atoms with E-state index < -0.39 is 0 Å². The minimum atomic E-state index is -0.100. The number of aryl methyl sites for hydroxylation is 1. The highest BCUT2D eigenvalue weighted by molar-refractivity contribution is 6.31. The van der Waals surface area contributed by atoms with Gasteiger partial charge in [-0.3, -0.25) is 9.78 Å². The monoisotopic (exact) mass is 262 g/mol. The number of fused-ring (bicyclic) bond motifs is 1. The molecule has 0 fully saturated rings.